The van der Waals surface area contributed by atoms with Gasteiger partial charge in [-0.25, -0.2) is 4.68 Å². The molecular weight excluding hydrogens is 503 g/mol. The normalized spacial score (nSPS) is 13.8. The zero-order valence-electron chi connectivity index (χ0n) is 17.5. The lowest BCUT2D eigenvalue weighted by Gasteiger charge is -2.16. The van der Waals surface area contributed by atoms with Gasteiger partial charge in [-0.1, -0.05) is 30.3 Å². The Morgan fingerprint density at radius 2 is 1.71 bits per heavy atom. The largest absolute Gasteiger partial charge is 0.352 e. The van der Waals surface area contributed by atoms with E-state index in [2.05, 4.69) is 20.7 Å². The number of carbonyl (C=O) groups excluding carboxylic acids is 1. The lowest BCUT2D eigenvalue weighted by Crippen LogP contribution is -2.36. The van der Waals surface area contributed by atoms with Crippen LogP contribution < -0.4 is 15.5 Å². The monoisotopic (exact) mass is 530 g/mol. The number of aromatic nitrogens is 2. The Morgan fingerprint density at radius 3 is 2.35 bits per heavy atom. The number of guanidine groups is 1. The van der Waals surface area contributed by atoms with Gasteiger partial charge in [-0.3, -0.25) is 9.79 Å². The van der Waals surface area contributed by atoms with Crippen molar-refractivity contribution in [2.45, 2.75) is 25.9 Å². The third-order valence-corrected chi connectivity index (χ3v) is 5.12. The second kappa shape index (κ2) is 10.9. The maximum atomic E-state index is 11.9. The molecule has 2 aromatic carbocycles. The smallest absolute Gasteiger partial charge is 0.227 e. The zero-order valence-corrected chi connectivity index (χ0v) is 19.8. The number of benzene rings is 2. The van der Waals surface area contributed by atoms with E-state index in [1.54, 1.807) is 7.05 Å². The van der Waals surface area contributed by atoms with Gasteiger partial charge in [-0.2, -0.15) is 5.10 Å². The molecule has 0 unspecified atom stereocenters. The van der Waals surface area contributed by atoms with E-state index in [1.807, 2.05) is 76.6 Å². The van der Waals surface area contributed by atoms with Gasteiger partial charge in [0.25, 0.3) is 0 Å². The van der Waals surface area contributed by atoms with E-state index in [4.69, 9.17) is 0 Å². The minimum atomic E-state index is 0. The fourth-order valence-corrected chi connectivity index (χ4v) is 3.48. The van der Waals surface area contributed by atoms with Gasteiger partial charge in [0.1, 0.15) is 0 Å². The number of nitrogens with one attached hydrogen (secondary N) is 2. The lowest BCUT2D eigenvalue weighted by molar-refractivity contribution is -0.117. The highest BCUT2D eigenvalue weighted by Gasteiger charge is 2.21. The van der Waals surface area contributed by atoms with Crippen LogP contribution in [-0.2, 0) is 17.9 Å². The van der Waals surface area contributed by atoms with Crippen LogP contribution in [0.25, 0.3) is 5.69 Å². The van der Waals surface area contributed by atoms with Gasteiger partial charge in [0.15, 0.2) is 5.96 Å². The summed E-state index contributed by atoms with van der Waals surface area (Å²) < 4.78 is 1.86. The van der Waals surface area contributed by atoms with E-state index >= 15 is 0 Å². The van der Waals surface area contributed by atoms with Gasteiger partial charge in [-0.05, 0) is 36.2 Å². The van der Waals surface area contributed by atoms with E-state index in [0.717, 1.165) is 41.4 Å². The van der Waals surface area contributed by atoms with Crippen molar-refractivity contribution < 1.29 is 4.79 Å². The maximum absolute atomic E-state index is 11.9. The molecule has 1 aliphatic heterocycles. The summed E-state index contributed by atoms with van der Waals surface area (Å²) in [5.74, 6) is 0.933. The molecule has 3 aromatic rings. The second-order valence-corrected chi connectivity index (χ2v) is 7.22. The molecule has 7 nitrogen and oxygen atoms in total. The molecule has 1 fully saturated rings. The SMILES string of the molecule is CN=C(NCc1ccc(N2CCCC2=O)cc1)NCc1cnn(-c2ccccc2)c1.I. The number of hydrogen-bond acceptors (Lipinski definition) is 3. The maximum Gasteiger partial charge on any atom is 0.227 e. The van der Waals surface area contributed by atoms with E-state index < -0.39 is 0 Å². The van der Waals surface area contributed by atoms with Crippen molar-refractivity contribution in [3.8, 4) is 5.69 Å². The first-order valence-corrected chi connectivity index (χ1v) is 10.2. The van der Waals surface area contributed by atoms with Gasteiger partial charge in [0.2, 0.25) is 5.91 Å². The Hall–Kier alpha value is -2.88. The summed E-state index contributed by atoms with van der Waals surface area (Å²) in [7, 11) is 1.75. The highest BCUT2D eigenvalue weighted by atomic mass is 127. The third kappa shape index (κ3) is 5.84. The molecular formula is C23H27IN6O. The number of halogens is 1. The summed E-state index contributed by atoms with van der Waals surface area (Å²) in [6, 6.07) is 18.1. The van der Waals surface area contributed by atoms with Crippen LogP contribution in [0.4, 0.5) is 5.69 Å². The molecule has 1 amide bonds. The Morgan fingerprint density at radius 1 is 1.00 bits per heavy atom. The Labute approximate surface area is 199 Å². The van der Waals surface area contributed by atoms with Crippen LogP contribution in [0.3, 0.4) is 0 Å². The zero-order chi connectivity index (χ0) is 20.8. The van der Waals surface area contributed by atoms with Gasteiger partial charge in [-0.15, -0.1) is 24.0 Å². The number of para-hydroxylation sites is 1. The minimum absolute atomic E-state index is 0. The third-order valence-electron chi connectivity index (χ3n) is 5.12. The average Bonchev–Trinajstić information content (AvgIpc) is 3.44. The predicted molar refractivity (Wildman–Crippen MR) is 134 cm³/mol. The van der Waals surface area contributed by atoms with E-state index in [9.17, 15) is 4.79 Å². The molecule has 0 bridgehead atoms. The highest BCUT2D eigenvalue weighted by molar-refractivity contribution is 14.0. The fraction of sp³-hybridized carbons (Fsp3) is 0.261. The Balaban J connectivity index is 0.00000272. The molecule has 0 aliphatic carbocycles. The highest BCUT2D eigenvalue weighted by Crippen LogP contribution is 2.21. The summed E-state index contributed by atoms with van der Waals surface area (Å²) in [6.45, 7) is 2.09. The van der Waals surface area contributed by atoms with Crippen molar-refractivity contribution in [2.75, 3.05) is 18.5 Å². The Bertz CT molecular complexity index is 1020. The van der Waals surface area contributed by atoms with Gasteiger partial charge in [0.05, 0.1) is 11.9 Å². The molecule has 2 heterocycles. The van der Waals surface area contributed by atoms with Crippen molar-refractivity contribution in [1.29, 1.82) is 0 Å². The fourth-order valence-electron chi connectivity index (χ4n) is 3.48. The quantitative estimate of drug-likeness (QED) is 0.291. The molecule has 0 spiro atoms. The second-order valence-electron chi connectivity index (χ2n) is 7.22. The van der Waals surface area contributed by atoms with E-state index in [-0.39, 0.29) is 29.9 Å². The van der Waals surface area contributed by atoms with Crippen molar-refractivity contribution >= 4 is 41.5 Å². The number of rotatable bonds is 6. The molecule has 31 heavy (non-hydrogen) atoms. The molecule has 2 N–H and O–H groups in total. The van der Waals surface area contributed by atoms with Crippen LogP contribution in [0.1, 0.15) is 24.0 Å². The van der Waals surface area contributed by atoms with E-state index in [0.29, 0.717) is 19.5 Å². The molecule has 4 rings (SSSR count). The molecule has 1 saturated heterocycles. The first kappa shape index (κ1) is 22.8. The van der Waals surface area contributed by atoms with Crippen LogP contribution in [-0.4, -0.2) is 35.2 Å². The number of hydrogen-bond donors (Lipinski definition) is 2. The number of nitrogens with zero attached hydrogens (tertiary/aromatic N) is 4. The molecule has 1 aromatic heterocycles. The summed E-state index contributed by atoms with van der Waals surface area (Å²) in [6.07, 6.45) is 5.45. The van der Waals surface area contributed by atoms with Crippen LogP contribution in [0.15, 0.2) is 72.0 Å². The standard InChI is InChI=1S/C23H26N6O.HI/c1-24-23(26-15-19-16-27-29(17-19)21-6-3-2-4-7-21)25-14-18-9-11-20(12-10-18)28-13-5-8-22(28)30;/h2-4,6-7,9-12,16-17H,5,8,13-15H2,1H3,(H2,24,25,26);1H. The van der Waals surface area contributed by atoms with Crippen LogP contribution >= 0.6 is 24.0 Å². The average molecular weight is 530 g/mol. The Kier molecular flexibility index (Phi) is 8.05. The molecule has 0 saturated carbocycles. The summed E-state index contributed by atoms with van der Waals surface area (Å²) in [5.41, 5.74) is 4.20. The molecule has 162 valence electrons. The number of carbonyl (C=O) groups is 1. The molecule has 0 radical (unpaired) electrons. The van der Waals surface area contributed by atoms with Gasteiger partial charge < -0.3 is 15.5 Å². The topological polar surface area (TPSA) is 74.6 Å². The van der Waals surface area contributed by atoms with E-state index in [1.165, 1.54) is 0 Å². The summed E-state index contributed by atoms with van der Waals surface area (Å²) in [5, 5.41) is 11.1. The van der Waals surface area contributed by atoms with Crippen molar-refractivity contribution in [3.63, 3.8) is 0 Å². The molecule has 8 heteroatoms. The molecule has 1 aliphatic rings. The minimum Gasteiger partial charge on any atom is -0.352 e. The predicted octanol–water partition coefficient (Wildman–Crippen LogP) is 3.48. The van der Waals surface area contributed by atoms with Gasteiger partial charge in [0, 0.05) is 50.6 Å². The number of aliphatic imine (C=N–C) groups is 1. The lowest BCUT2D eigenvalue weighted by atomic mass is 10.2. The number of anilines is 1. The summed E-state index contributed by atoms with van der Waals surface area (Å²) in [4.78, 5) is 18.0. The molecule has 0 atom stereocenters. The first-order valence-electron chi connectivity index (χ1n) is 10.2. The number of amides is 1. The summed E-state index contributed by atoms with van der Waals surface area (Å²) >= 11 is 0. The van der Waals surface area contributed by atoms with Crippen molar-refractivity contribution in [3.05, 3.63) is 78.1 Å². The van der Waals surface area contributed by atoms with Crippen molar-refractivity contribution in [2.24, 2.45) is 4.99 Å². The van der Waals surface area contributed by atoms with Crippen LogP contribution in [0.5, 0.6) is 0 Å². The first-order chi connectivity index (χ1) is 14.7. The van der Waals surface area contributed by atoms with Crippen LogP contribution in [0, 0.1) is 0 Å². The van der Waals surface area contributed by atoms with Crippen LogP contribution in [0.2, 0.25) is 0 Å². The van der Waals surface area contributed by atoms with Gasteiger partial charge >= 0.3 is 0 Å². The van der Waals surface area contributed by atoms with Crippen molar-refractivity contribution in [1.82, 2.24) is 20.4 Å².